The van der Waals surface area contributed by atoms with Crippen LogP contribution in [0.2, 0.25) is 0 Å². The van der Waals surface area contributed by atoms with Crippen LogP contribution in [0.3, 0.4) is 0 Å². The van der Waals surface area contributed by atoms with Gasteiger partial charge in [-0.15, -0.1) is 0 Å². The Morgan fingerprint density at radius 3 is 3.04 bits per heavy atom. The summed E-state index contributed by atoms with van der Waals surface area (Å²) in [6, 6.07) is 3.90. The Kier molecular flexibility index (Phi) is 4.76. The van der Waals surface area contributed by atoms with Crippen molar-refractivity contribution in [1.82, 2.24) is 25.2 Å². The van der Waals surface area contributed by atoms with Crippen molar-refractivity contribution in [2.24, 2.45) is 0 Å². The van der Waals surface area contributed by atoms with Crippen LogP contribution in [0.25, 0.3) is 17.3 Å². The summed E-state index contributed by atoms with van der Waals surface area (Å²) in [6.07, 6.45) is 2.89. The van der Waals surface area contributed by atoms with Crippen LogP contribution in [0, 0.1) is 5.41 Å². The molecule has 0 spiro atoms. The van der Waals surface area contributed by atoms with Gasteiger partial charge in [0, 0.05) is 37.9 Å². The van der Waals surface area contributed by atoms with Crippen LogP contribution < -0.4 is 10.2 Å². The molecule has 1 unspecified atom stereocenters. The Balaban J connectivity index is 1.49. The first-order valence-corrected chi connectivity index (χ1v) is 8.87. The number of amides is 2. The number of imidazole rings is 1. The van der Waals surface area contributed by atoms with Crippen LogP contribution in [-0.4, -0.2) is 70.2 Å². The lowest BCUT2D eigenvalue weighted by Crippen LogP contribution is -2.52. The number of fused-ring (bicyclic) bond motifs is 1. The normalized spacial score (nSPS) is 19.4. The number of halogens is 2. The highest BCUT2D eigenvalue weighted by atomic mass is 19.3. The molecule has 10 heteroatoms. The van der Waals surface area contributed by atoms with Crippen molar-refractivity contribution >= 4 is 23.6 Å². The molecule has 2 aromatic heterocycles. The molecule has 2 fully saturated rings. The van der Waals surface area contributed by atoms with Crippen LogP contribution in [0.5, 0.6) is 0 Å². The number of carbonyl (C=O) groups excluding carboxylic acids is 1. The van der Waals surface area contributed by atoms with Crippen molar-refractivity contribution in [3.05, 3.63) is 36.4 Å². The van der Waals surface area contributed by atoms with Crippen molar-refractivity contribution in [2.75, 3.05) is 31.1 Å². The summed E-state index contributed by atoms with van der Waals surface area (Å²) < 4.78 is 24.8. The number of pyridine rings is 1. The molecule has 0 aromatic carbocycles. The van der Waals surface area contributed by atoms with E-state index in [0.717, 1.165) is 23.2 Å². The Morgan fingerprint density at radius 1 is 1.36 bits per heavy atom. The fraction of sp³-hybridized carbons (Fsp3) is 0.333. The Hall–Kier alpha value is -3.30. The third kappa shape index (κ3) is 3.57. The van der Waals surface area contributed by atoms with Gasteiger partial charge in [-0.2, -0.15) is 0 Å². The molecule has 2 amide bonds. The van der Waals surface area contributed by atoms with Gasteiger partial charge in [0.05, 0.1) is 23.6 Å². The summed E-state index contributed by atoms with van der Waals surface area (Å²) in [6.45, 7) is 2.70. The van der Waals surface area contributed by atoms with E-state index in [4.69, 9.17) is 5.41 Å². The number of alkyl halides is 2. The van der Waals surface area contributed by atoms with E-state index in [-0.39, 0.29) is 12.1 Å². The van der Waals surface area contributed by atoms with Crippen molar-refractivity contribution in [3.63, 3.8) is 0 Å². The number of hydrogen-bond donors (Lipinski definition) is 3. The number of H-pyrrole nitrogens is 1. The van der Waals surface area contributed by atoms with Crippen molar-refractivity contribution in [2.45, 2.75) is 12.5 Å². The molecule has 28 heavy (non-hydrogen) atoms. The number of allylic oxidation sites excluding steroid dienone is 1. The minimum absolute atomic E-state index is 0.00988. The maximum atomic E-state index is 12.4. The van der Waals surface area contributed by atoms with Gasteiger partial charge in [-0.05, 0) is 24.3 Å². The molecule has 0 aliphatic carbocycles. The third-order valence-corrected chi connectivity index (χ3v) is 4.86. The second kappa shape index (κ2) is 7.37. The molecule has 0 bridgehead atoms. The van der Waals surface area contributed by atoms with Crippen molar-refractivity contribution < 1.29 is 13.6 Å². The molecule has 0 radical (unpaired) electrons. The fourth-order valence-electron chi connectivity index (χ4n) is 3.38. The number of aromatic amines is 1. The van der Waals surface area contributed by atoms with E-state index in [2.05, 4.69) is 25.2 Å². The molecule has 2 aliphatic heterocycles. The molecule has 3 N–H and O–H groups in total. The zero-order valence-corrected chi connectivity index (χ0v) is 14.9. The second-order valence-corrected chi connectivity index (χ2v) is 6.65. The highest BCUT2D eigenvalue weighted by molar-refractivity contribution is 5.97. The highest BCUT2D eigenvalue weighted by Crippen LogP contribution is 2.24. The van der Waals surface area contributed by atoms with E-state index in [1.165, 1.54) is 6.08 Å². The van der Waals surface area contributed by atoms with Crippen molar-refractivity contribution in [1.29, 1.82) is 5.41 Å². The van der Waals surface area contributed by atoms with E-state index >= 15 is 0 Å². The molecule has 146 valence electrons. The number of anilines is 1. The summed E-state index contributed by atoms with van der Waals surface area (Å²) in [7, 11) is 0. The molecule has 2 aliphatic rings. The lowest BCUT2D eigenvalue weighted by molar-refractivity contribution is 0.197. The molecule has 2 saturated heterocycles. The predicted molar refractivity (Wildman–Crippen MR) is 101 cm³/mol. The van der Waals surface area contributed by atoms with Crippen LogP contribution in [0.15, 0.2) is 30.6 Å². The minimum atomic E-state index is -2.81. The zero-order chi connectivity index (χ0) is 19.7. The number of nitrogens with zero attached hydrogens (tertiary/aromatic N) is 4. The first-order chi connectivity index (χ1) is 13.5. The Morgan fingerprint density at radius 2 is 2.21 bits per heavy atom. The second-order valence-electron chi connectivity index (χ2n) is 6.65. The van der Waals surface area contributed by atoms with E-state index in [0.29, 0.717) is 32.0 Å². The first kappa shape index (κ1) is 18.1. The van der Waals surface area contributed by atoms with Gasteiger partial charge in [0.2, 0.25) is 0 Å². The maximum absolute atomic E-state index is 12.4. The zero-order valence-electron chi connectivity index (χ0n) is 14.9. The fourth-order valence-corrected chi connectivity index (χ4v) is 3.38. The number of carbonyl (C=O) groups is 1. The Bertz CT molecular complexity index is 926. The van der Waals surface area contributed by atoms with Gasteiger partial charge >= 0.3 is 6.03 Å². The molecule has 4 rings (SSSR count). The summed E-state index contributed by atoms with van der Waals surface area (Å²) in [5.41, 5.74) is 0.829. The summed E-state index contributed by atoms with van der Waals surface area (Å²) in [5, 5.41) is 10.0. The number of urea groups is 1. The smallest absolute Gasteiger partial charge is 0.317 e. The molecular formula is C18H19F2N7O. The highest BCUT2D eigenvalue weighted by Gasteiger charge is 2.35. The molecule has 4 heterocycles. The van der Waals surface area contributed by atoms with Crippen LogP contribution in [0.1, 0.15) is 5.82 Å². The summed E-state index contributed by atoms with van der Waals surface area (Å²) in [5.74, 6) is 1.20. The lowest BCUT2D eigenvalue weighted by atomic mass is 10.1. The summed E-state index contributed by atoms with van der Waals surface area (Å²) >= 11 is 0. The maximum Gasteiger partial charge on any atom is 0.317 e. The molecule has 0 saturated carbocycles. The van der Waals surface area contributed by atoms with Gasteiger partial charge in [-0.3, -0.25) is 5.41 Å². The van der Waals surface area contributed by atoms with Gasteiger partial charge in [-0.1, -0.05) is 0 Å². The standard InChI is InChI=1S/C18H19F2N7O/c19-17(20)13(21)1-2-15-23-9-14(25-15)11-3-4-22-16(7-11)26-5-6-27-12(10-26)8-24-18(27)28/h1-4,7,9,12,17,21H,5-6,8,10H2,(H,23,25)(H,24,28)/b2-1-,21-13?. The average Bonchev–Trinajstić information content (AvgIpc) is 3.33. The molecule has 2 aromatic rings. The number of rotatable bonds is 5. The third-order valence-electron chi connectivity index (χ3n) is 4.86. The number of aromatic nitrogens is 3. The number of nitrogens with one attached hydrogen (secondary N) is 3. The molecular weight excluding hydrogens is 368 g/mol. The first-order valence-electron chi connectivity index (χ1n) is 8.87. The topological polar surface area (TPSA) is 101 Å². The van der Waals surface area contributed by atoms with Crippen LogP contribution >= 0.6 is 0 Å². The Labute approximate surface area is 159 Å². The molecule has 8 nitrogen and oxygen atoms in total. The quantitative estimate of drug-likeness (QED) is 0.683. The predicted octanol–water partition coefficient (Wildman–Crippen LogP) is 1.98. The summed E-state index contributed by atoms with van der Waals surface area (Å²) in [4.78, 5) is 27.4. The monoisotopic (exact) mass is 387 g/mol. The van der Waals surface area contributed by atoms with Crippen molar-refractivity contribution in [3.8, 4) is 11.3 Å². The largest absolute Gasteiger partial charge is 0.353 e. The SMILES string of the molecule is N=C(/C=C\c1ncc(-c2ccnc(N3CCN4C(=O)NCC4C3)c2)[nH]1)C(F)F. The minimum Gasteiger partial charge on any atom is -0.353 e. The average molecular weight is 387 g/mol. The number of piperazine rings is 1. The molecule has 1 atom stereocenters. The van der Waals surface area contributed by atoms with Gasteiger partial charge in [0.15, 0.2) is 0 Å². The van der Waals surface area contributed by atoms with E-state index < -0.39 is 12.1 Å². The van der Waals surface area contributed by atoms with E-state index in [1.54, 1.807) is 12.4 Å². The van der Waals surface area contributed by atoms with Crippen LogP contribution in [-0.2, 0) is 0 Å². The lowest BCUT2D eigenvalue weighted by Gasteiger charge is -2.37. The van der Waals surface area contributed by atoms with Crippen LogP contribution in [0.4, 0.5) is 19.4 Å². The van der Waals surface area contributed by atoms with Gasteiger partial charge in [0.1, 0.15) is 11.6 Å². The number of hydrogen-bond acceptors (Lipinski definition) is 5. The van der Waals surface area contributed by atoms with E-state index in [9.17, 15) is 13.6 Å². The van der Waals surface area contributed by atoms with Gasteiger partial charge in [0.25, 0.3) is 6.43 Å². The van der Waals surface area contributed by atoms with Gasteiger partial charge < -0.3 is 20.1 Å². The van der Waals surface area contributed by atoms with Gasteiger partial charge in [-0.25, -0.2) is 23.5 Å². The van der Waals surface area contributed by atoms with E-state index in [1.807, 2.05) is 17.0 Å².